The summed E-state index contributed by atoms with van der Waals surface area (Å²) in [6.07, 6.45) is 0.310. The first-order valence-corrected chi connectivity index (χ1v) is 9.09. The lowest BCUT2D eigenvalue weighted by atomic mass is 10.2. The molecule has 0 saturated heterocycles. The Kier molecular flexibility index (Phi) is 7.51. The van der Waals surface area contributed by atoms with Gasteiger partial charge in [-0.1, -0.05) is 18.5 Å². The van der Waals surface area contributed by atoms with Crippen molar-refractivity contribution in [2.24, 2.45) is 0 Å². The monoisotopic (exact) mass is 402 g/mol. The Balaban J connectivity index is 2.67. The zero-order chi connectivity index (χ0) is 19.3. The van der Waals surface area contributed by atoms with Crippen molar-refractivity contribution in [2.45, 2.75) is 38.4 Å². The summed E-state index contributed by atoms with van der Waals surface area (Å²) >= 11 is 6.00. The number of alkyl halides is 3. The fraction of sp³-hybridized carbons (Fsp3) is 0.500. The molecule has 0 aromatic heterocycles. The van der Waals surface area contributed by atoms with Crippen LogP contribution in [0.5, 0.6) is 5.75 Å². The number of hydrogen-bond donors (Lipinski definition) is 2. The van der Waals surface area contributed by atoms with Gasteiger partial charge < -0.3 is 10.1 Å². The van der Waals surface area contributed by atoms with E-state index in [2.05, 4.69) is 5.32 Å². The minimum Gasteiger partial charge on any atom is -0.492 e. The summed E-state index contributed by atoms with van der Waals surface area (Å²) in [4.78, 5) is 11.3. The van der Waals surface area contributed by atoms with Crippen LogP contribution < -0.4 is 14.8 Å². The van der Waals surface area contributed by atoms with Gasteiger partial charge in [-0.2, -0.15) is 13.2 Å². The molecule has 25 heavy (non-hydrogen) atoms. The van der Waals surface area contributed by atoms with Crippen molar-refractivity contribution in [1.29, 1.82) is 0 Å². The number of rotatable bonds is 8. The molecule has 0 aliphatic rings. The Bertz CT molecular complexity index is 711. The van der Waals surface area contributed by atoms with Crippen LogP contribution in [0, 0.1) is 0 Å². The predicted molar refractivity (Wildman–Crippen MR) is 86.7 cm³/mol. The highest BCUT2D eigenvalue weighted by Crippen LogP contribution is 2.23. The highest BCUT2D eigenvalue weighted by Gasteiger charge is 2.46. The number of carbonyl (C=O) groups excluding carboxylic acids is 1. The zero-order valence-electron chi connectivity index (χ0n) is 13.5. The minimum atomic E-state index is -5.44. The SMILES string of the molecule is CCC(=O)NCc1cc(OC[C@H](C)NS(=O)(=O)C(F)(F)F)ccc1Cl. The van der Waals surface area contributed by atoms with Gasteiger partial charge in [0.1, 0.15) is 12.4 Å². The van der Waals surface area contributed by atoms with Crippen molar-refractivity contribution in [1.82, 2.24) is 10.0 Å². The second-order valence-electron chi connectivity index (χ2n) is 5.16. The molecule has 0 aliphatic carbocycles. The van der Waals surface area contributed by atoms with Crippen LogP contribution in [-0.2, 0) is 21.4 Å². The number of sulfonamides is 1. The molecule has 1 aromatic rings. The summed E-state index contributed by atoms with van der Waals surface area (Å²) in [6, 6.07) is 3.40. The van der Waals surface area contributed by atoms with Crippen molar-refractivity contribution in [3.05, 3.63) is 28.8 Å². The van der Waals surface area contributed by atoms with Crippen LogP contribution in [0.1, 0.15) is 25.8 Å². The lowest BCUT2D eigenvalue weighted by Crippen LogP contribution is -2.43. The normalized spacial score (nSPS) is 13.4. The lowest BCUT2D eigenvalue weighted by molar-refractivity contribution is -0.120. The molecule has 1 amide bonds. The molecule has 1 aromatic carbocycles. The molecule has 0 fully saturated rings. The van der Waals surface area contributed by atoms with Crippen molar-refractivity contribution >= 4 is 27.5 Å². The maximum absolute atomic E-state index is 12.3. The van der Waals surface area contributed by atoms with E-state index in [1.807, 2.05) is 0 Å². The molecule has 0 aliphatic heterocycles. The smallest absolute Gasteiger partial charge is 0.492 e. The first-order chi connectivity index (χ1) is 11.5. The van der Waals surface area contributed by atoms with E-state index in [9.17, 15) is 26.4 Å². The molecular weight excluding hydrogens is 385 g/mol. The number of hydrogen-bond acceptors (Lipinski definition) is 4. The van der Waals surface area contributed by atoms with Crippen molar-refractivity contribution in [3.8, 4) is 5.75 Å². The third-order valence-corrected chi connectivity index (χ3v) is 4.67. The highest BCUT2D eigenvalue weighted by molar-refractivity contribution is 7.90. The molecular formula is C14H18ClF3N2O4S. The summed E-state index contributed by atoms with van der Waals surface area (Å²) in [6.45, 7) is 2.78. The molecule has 2 N–H and O–H groups in total. The van der Waals surface area contributed by atoms with Crippen LogP contribution in [-0.4, -0.2) is 32.5 Å². The third-order valence-electron chi connectivity index (χ3n) is 2.98. The topological polar surface area (TPSA) is 84.5 Å². The van der Waals surface area contributed by atoms with Crippen LogP contribution in [0.25, 0.3) is 0 Å². The highest BCUT2D eigenvalue weighted by atomic mass is 35.5. The molecule has 0 bridgehead atoms. The van der Waals surface area contributed by atoms with E-state index in [1.54, 1.807) is 6.92 Å². The molecule has 6 nitrogen and oxygen atoms in total. The fourth-order valence-corrected chi connectivity index (χ4v) is 2.60. The zero-order valence-corrected chi connectivity index (χ0v) is 15.1. The van der Waals surface area contributed by atoms with E-state index in [4.69, 9.17) is 16.3 Å². The Labute approximate surface area is 148 Å². The van der Waals surface area contributed by atoms with E-state index in [1.165, 1.54) is 29.8 Å². The van der Waals surface area contributed by atoms with Gasteiger partial charge in [0.2, 0.25) is 5.91 Å². The second-order valence-corrected chi connectivity index (χ2v) is 7.28. The van der Waals surface area contributed by atoms with Crippen LogP contribution in [0.4, 0.5) is 13.2 Å². The molecule has 0 unspecified atom stereocenters. The van der Waals surface area contributed by atoms with Gasteiger partial charge >= 0.3 is 15.5 Å². The molecule has 1 atom stereocenters. The van der Waals surface area contributed by atoms with Gasteiger partial charge in [-0.15, -0.1) is 0 Å². The number of benzene rings is 1. The summed E-state index contributed by atoms with van der Waals surface area (Å²) in [5.41, 5.74) is -4.82. The van der Waals surface area contributed by atoms with Crippen LogP contribution in [0.2, 0.25) is 5.02 Å². The van der Waals surface area contributed by atoms with Gasteiger partial charge in [0.25, 0.3) is 0 Å². The van der Waals surface area contributed by atoms with E-state index in [0.717, 1.165) is 0 Å². The number of amides is 1. The largest absolute Gasteiger partial charge is 0.511 e. The van der Waals surface area contributed by atoms with E-state index < -0.39 is 21.6 Å². The quantitative estimate of drug-likeness (QED) is 0.700. The number of nitrogens with one attached hydrogen (secondary N) is 2. The Morgan fingerprint density at radius 2 is 2.00 bits per heavy atom. The molecule has 1 rings (SSSR count). The first-order valence-electron chi connectivity index (χ1n) is 7.22. The van der Waals surface area contributed by atoms with Gasteiger partial charge in [-0.3, -0.25) is 4.79 Å². The van der Waals surface area contributed by atoms with Crippen molar-refractivity contribution in [3.63, 3.8) is 0 Å². The minimum absolute atomic E-state index is 0.166. The van der Waals surface area contributed by atoms with Gasteiger partial charge in [0.05, 0.1) is 6.04 Å². The van der Waals surface area contributed by atoms with Crippen LogP contribution >= 0.6 is 11.6 Å². The average molecular weight is 403 g/mol. The predicted octanol–water partition coefficient (Wildman–Crippen LogP) is 2.57. The Morgan fingerprint density at radius 3 is 2.56 bits per heavy atom. The molecule has 142 valence electrons. The summed E-state index contributed by atoms with van der Waals surface area (Å²) in [7, 11) is -5.44. The molecule has 0 radical (unpaired) electrons. The summed E-state index contributed by atoms with van der Waals surface area (Å²) < 4.78 is 65.6. The Morgan fingerprint density at radius 1 is 1.36 bits per heavy atom. The Hall–Kier alpha value is -1.52. The average Bonchev–Trinajstić information content (AvgIpc) is 2.50. The molecule has 0 heterocycles. The standard InChI is InChI=1S/C14H18ClF3N2O4S/c1-3-13(21)19-7-10-6-11(4-5-12(10)15)24-8-9(2)20-25(22,23)14(16,17)18/h4-6,9,20H,3,7-8H2,1-2H3,(H,19,21)/t9-/m0/s1. The van der Waals surface area contributed by atoms with Gasteiger partial charge in [0, 0.05) is 18.0 Å². The van der Waals surface area contributed by atoms with Gasteiger partial charge in [-0.25, -0.2) is 13.1 Å². The first kappa shape index (κ1) is 21.5. The van der Waals surface area contributed by atoms with E-state index >= 15 is 0 Å². The van der Waals surface area contributed by atoms with E-state index in [0.29, 0.717) is 17.0 Å². The van der Waals surface area contributed by atoms with Gasteiger partial charge in [-0.05, 0) is 30.7 Å². The number of halogens is 4. The number of ether oxygens (including phenoxy) is 1. The van der Waals surface area contributed by atoms with Crippen molar-refractivity contribution < 1.29 is 31.1 Å². The molecule has 11 heteroatoms. The molecule has 0 spiro atoms. The molecule has 0 saturated carbocycles. The van der Waals surface area contributed by atoms with Crippen molar-refractivity contribution in [2.75, 3.05) is 6.61 Å². The second kappa shape index (κ2) is 8.72. The maximum atomic E-state index is 12.3. The van der Waals surface area contributed by atoms with E-state index in [-0.39, 0.29) is 24.8 Å². The van der Waals surface area contributed by atoms with Crippen LogP contribution in [0.15, 0.2) is 18.2 Å². The van der Waals surface area contributed by atoms with Gasteiger partial charge in [0.15, 0.2) is 0 Å². The fourth-order valence-electron chi connectivity index (χ4n) is 1.68. The number of carbonyl (C=O) groups is 1. The summed E-state index contributed by atoms with van der Waals surface area (Å²) in [5, 5.41) is 3.02. The maximum Gasteiger partial charge on any atom is 0.511 e. The van der Waals surface area contributed by atoms with Crippen LogP contribution in [0.3, 0.4) is 0 Å². The summed E-state index contributed by atoms with van der Waals surface area (Å²) in [5.74, 6) is 0.112. The third kappa shape index (κ3) is 6.71. The lowest BCUT2D eigenvalue weighted by Gasteiger charge is -2.17.